The van der Waals surface area contributed by atoms with Crippen molar-refractivity contribution in [2.45, 2.75) is 37.5 Å². The van der Waals surface area contributed by atoms with Gasteiger partial charge in [-0.1, -0.05) is 17.7 Å². The quantitative estimate of drug-likeness (QED) is 0.370. The average molecular weight is 500 g/mol. The third-order valence-corrected chi connectivity index (χ3v) is 6.57. The summed E-state index contributed by atoms with van der Waals surface area (Å²) in [5.74, 6) is 1.42. The van der Waals surface area contributed by atoms with Crippen LogP contribution in [0.2, 0.25) is 5.02 Å². The summed E-state index contributed by atoms with van der Waals surface area (Å²) >= 11 is 6.52. The number of fused-ring (bicyclic) bond motifs is 1. The minimum Gasteiger partial charge on any atom is -0.485 e. The molecule has 2 aromatic heterocycles. The number of rotatable bonds is 8. The van der Waals surface area contributed by atoms with Gasteiger partial charge >= 0.3 is 0 Å². The zero-order chi connectivity index (χ0) is 24.5. The third kappa shape index (κ3) is 4.88. The number of anilines is 2. The molecule has 3 aromatic rings. The van der Waals surface area contributed by atoms with Gasteiger partial charge in [0.05, 0.1) is 28.5 Å². The van der Waals surface area contributed by atoms with E-state index in [0.717, 1.165) is 16.5 Å². The fraction of sp³-hybridized carbons (Fsp3) is 0.391. The van der Waals surface area contributed by atoms with Crippen LogP contribution >= 0.6 is 11.6 Å². The predicted molar refractivity (Wildman–Crippen MR) is 130 cm³/mol. The second kappa shape index (κ2) is 9.68. The van der Waals surface area contributed by atoms with Gasteiger partial charge in [-0.25, -0.2) is 4.68 Å². The van der Waals surface area contributed by atoms with Crippen LogP contribution in [0.15, 0.2) is 36.2 Å². The number of carbonyl (C=O) groups is 1. The normalized spacial score (nSPS) is 21.8. The fourth-order valence-electron chi connectivity index (χ4n) is 4.12. The maximum atomic E-state index is 12.1. The molecule has 0 saturated heterocycles. The average Bonchev–Trinajstić information content (AvgIpc) is 3.45. The fourth-order valence-corrected chi connectivity index (χ4v) is 4.38. The number of aliphatic hydroxyl groups excluding tert-OH is 1. The van der Waals surface area contributed by atoms with Crippen LogP contribution in [-0.2, 0) is 21.3 Å². The number of hydrogen-bond donors (Lipinski definition) is 4. The molecule has 11 nitrogen and oxygen atoms in total. The summed E-state index contributed by atoms with van der Waals surface area (Å²) in [6.07, 6.45) is 6.29. The van der Waals surface area contributed by atoms with E-state index < -0.39 is 0 Å². The van der Waals surface area contributed by atoms with Gasteiger partial charge in [0.1, 0.15) is 11.9 Å². The van der Waals surface area contributed by atoms with Crippen molar-refractivity contribution in [2.75, 3.05) is 19.0 Å². The van der Waals surface area contributed by atoms with Gasteiger partial charge in [-0.2, -0.15) is 10.1 Å². The van der Waals surface area contributed by atoms with Crippen LogP contribution in [0.4, 0.5) is 11.6 Å². The molecular weight excluding hydrogens is 474 g/mol. The molecule has 4 N–H and O–H groups in total. The van der Waals surface area contributed by atoms with E-state index in [4.69, 9.17) is 21.1 Å². The topological polar surface area (TPSA) is 139 Å². The molecule has 0 spiro atoms. The molecule has 1 fully saturated rings. The van der Waals surface area contributed by atoms with Crippen LogP contribution in [0.25, 0.3) is 16.5 Å². The Balaban J connectivity index is 1.27. The van der Waals surface area contributed by atoms with Crippen molar-refractivity contribution in [1.82, 2.24) is 30.3 Å². The maximum absolute atomic E-state index is 12.1. The minimum absolute atomic E-state index is 0.0145. The van der Waals surface area contributed by atoms with Crippen LogP contribution in [0.5, 0.6) is 0 Å². The molecule has 1 atom stereocenters. The Morgan fingerprint density at radius 1 is 1.34 bits per heavy atom. The molecule has 184 valence electrons. The van der Waals surface area contributed by atoms with Crippen molar-refractivity contribution in [1.29, 1.82) is 0 Å². The monoisotopic (exact) mass is 499 g/mol. The largest absolute Gasteiger partial charge is 0.485 e. The van der Waals surface area contributed by atoms with E-state index in [0.29, 0.717) is 47.5 Å². The molecule has 2 aliphatic rings. The first-order valence-electron chi connectivity index (χ1n) is 11.2. The van der Waals surface area contributed by atoms with Crippen molar-refractivity contribution >= 4 is 45.6 Å². The minimum atomic E-state index is -0.369. The molecule has 0 bridgehead atoms. The zero-order valence-corrected chi connectivity index (χ0v) is 20.0. The number of H-pyrrole nitrogens is 1. The SMILES string of the molecule is COC1CC(c2nc(Nc3ccc4[nH]ncc4c3Cl)n(C)n2)=CC=C1OCC(=O)NC1CC(O)C1. The molecule has 1 amide bonds. The standard InChI is InChI=1S/C23H26ClN7O4/c1-31-23(27-17-5-4-16-15(21(17)24)10-25-29-16)28-22(30-31)12-3-6-18(19(7-12)34-2)35-11-20(33)26-13-8-14(32)9-13/h3-6,10,13-14,19,32H,7-9,11H2,1-2H3,(H,25,29)(H,26,33)(H,27,28,30). The van der Waals surface area contributed by atoms with E-state index in [1.807, 2.05) is 18.2 Å². The number of nitrogens with one attached hydrogen (secondary N) is 3. The third-order valence-electron chi connectivity index (χ3n) is 6.16. The van der Waals surface area contributed by atoms with Crippen molar-refractivity contribution in [3.63, 3.8) is 0 Å². The van der Waals surface area contributed by atoms with Gasteiger partial charge in [0.2, 0.25) is 5.95 Å². The van der Waals surface area contributed by atoms with E-state index in [-0.39, 0.29) is 30.8 Å². The lowest BCUT2D eigenvalue weighted by Crippen LogP contribution is -2.47. The van der Waals surface area contributed by atoms with E-state index in [2.05, 4.69) is 30.9 Å². The Morgan fingerprint density at radius 3 is 2.94 bits per heavy atom. The van der Waals surface area contributed by atoms with Crippen LogP contribution in [-0.4, -0.2) is 67.9 Å². The smallest absolute Gasteiger partial charge is 0.258 e. The van der Waals surface area contributed by atoms with Gasteiger partial charge in [-0.05, 0) is 31.1 Å². The second-order valence-electron chi connectivity index (χ2n) is 8.63. The number of allylic oxidation sites excluding steroid dienone is 2. The summed E-state index contributed by atoms with van der Waals surface area (Å²) in [7, 11) is 3.39. The molecule has 0 aliphatic heterocycles. The van der Waals surface area contributed by atoms with E-state index in [1.54, 1.807) is 31.1 Å². The lowest BCUT2D eigenvalue weighted by atomic mass is 9.89. The van der Waals surface area contributed by atoms with Crippen LogP contribution in [0.3, 0.4) is 0 Å². The first-order valence-corrected chi connectivity index (χ1v) is 11.6. The molecule has 35 heavy (non-hydrogen) atoms. The first-order chi connectivity index (χ1) is 16.9. The number of aromatic nitrogens is 5. The number of aryl methyl sites for hydroxylation is 1. The Hall–Kier alpha value is -3.41. The number of aromatic amines is 1. The molecule has 2 aliphatic carbocycles. The van der Waals surface area contributed by atoms with Crippen molar-refractivity contribution in [3.8, 4) is 0 Å². The molecule has 0 radical (unpaired) electrons. The molecule has 1 aromatic carbocycles. The Labute approximate surface area is 206 Å². The van der Waals surface area contributed by atoms with Gasteiger partial charge < -0.3 is 25.2 Å². The number of aliphatic hydroxyl groups is 1. The summed E-state index contributed by atoms with van der Waals surface area (Å²) in [5.41, 5.74) is 2.42. The lowest BCUT2D eigenvalue weighted by Gasteiger charge is -2.32. The summed E-state index contributed by atoms with van der Waals surface area (Å²) in [6, 6.07) is 3.76. The highest BCUT2D eigenvalue weighted by atomic mass is 35.5. The number of methoxy groups -OCH3 is 1. The Kier molecular flexibility index (Phi) is 6.46. The summed E-state index contributed by atoms with van der Waals surface area (Å²) < 4.78 is 13.0. The highest BCUT2D eigenvalue weighted by Crippen LogP contribution is 2.33. The Bertz CT molecular complexity index is 1310. The number of benzene rings is 1. The molecule has 2 heterocycles. The molecule has 12 heteroatoms. The molecular formula is C23H26ClN7O4. The van der Waals surface area contributed by atoms with E-state index >= 15 is 0 Å². The predicted octanol–water partition coefficient (Wildman–Crippen LogP) is 2.43. The number of amides is 1. The first kappa shape index (κ1) is 23.3. The number of ether oxygens (including phenoxy) is 2. The zero-order valence-electron chi connectivity index (χ0n) is 19.3. The highest BCUT2D eigenvalue weighted by molar-refractivity contribution is 6.38. The summed E-state index contributed by atoms with van der Waals surface area (Å²) in [6.45, 7) is -0.112. The summed E-state index contributed by atoms with van der Waals surface area (Å²) in [5, 5.41) is 28.2. The van der Waals surface area contributed by atoms with Crippen LogP contribution in [0.1, 0.15) is 25.1 Å². The van der Waals surface area contributed by atoms with Gasteiger partial charge in [-0.3, -0.25) is 9.89 Å². The number of halogens is 1. The highest BCUT2D eigenvalue weighted by Gasteiger charge is 2.29. The molecule has 5 rings (SSSR count). The van der Waals surface area contributed by atoms with Crippen molar-refractivity contribution in [2.24, 2.45) is 7.05 Å². The number of nitrogens with zero attached hydrogens (tertiary/aromatic N) is 4. The van der Waals surface area contributed by atoms with Crippen LogP contribution in [0, 0.1) is 0 Å². The van der Waals surface area contributed by atoms with E-state index in [9.17, 15) is 9.90 Å². The van der Waals surface area contributed by atoms with Gasteiger partial charge in [-0.15, -0.1) is 5.10 Å². The van der Waals surface area contributed by atoms with Gasteiger partial charge in [0, 0.05) is 37.6 Å². The molecule has 1 saturated carbocycles. The van der Waals surface area contributed by atoms with Gasteiger partial charge in [0.25, 0.3) is 5.91 Å². The maximum Gasteiger partial charge on any atom is 0.258 e. The Morgan fingerprint density at radius 2 is 2.17 bits per heavy atom. The van der Waals surface area contributed by atoms with E-state index in [1.165, 1.54) is 0 Å². The lowest BCUT2D eigenvalue weighted by molar-refractivity contribution is -0.127. The second-order valence-corrected chi connectivity index (χ2v) is 9.01. The van der Waals surface area contributed by atoms with Crippen molar-refractivity contribution < 1.29 is 19.4 Å². The van der Waals surface area contributed by atoms with Crippen molar-refractivity contribution in [3.05, 3.63) is 47.1 Å². The summed E-state index contributed by atoms with van der Waals surface area (Å²) in [4.78, 5) is 16.7. The number of carbonyl (C=O) groups excluding carboxylic acids is 1. The number of hydrogen-bond acceptors (Lipinski definition) is 8. The van der Waals surface area contributed by atoms with Crippen LogP contribution < -0.4 is 10.6 Å². The molecule has 1 unspecified atom stereocenters. The van der Waals surface area contributed by atoms with Gasteiger partial charge in [0.15, 0.2) is 12.4 Å².